The van der Waals surface area contributed by atoms with Gasteiger partial charge in [-0.25, -0.2) is 10.2 Å². The fourth-order valence-electron chi connectivity index (χ4n) is 3.18. The molecule has 0 heterocycles. The minimum absolute atomic E-state index is 0.135. The molecule has 164 valence electrons. The van der Waals surface area contributed by atoms with Gasteiger partial charge in [0.15, 0.2) is 6.61 Å². The van der Waals surface area contributed by atoms with Gasteiger partial charge in [-0.15, -0.1) is 0 Å². The maximum absolute atomic E-state index is 12.6. The monoisotopic (exact) mass is 438 g/mol. The lowest BCUT2D eigenvalue weighted by molar-refractivity contribution is -0.123. The second-order valence-electron chi connectivity index (χ2n) is 7.38. The van der Waals surface area contributed by atoms with Crippen LogP contribution in [0.3, 0.4) is 0 Å². The molecule has 4 aromatic carbocycles. The molecular weight excluding hydrogens is 416 g/mol. The molecule has 0 saturated heterocycles. The number of nitrogens with one attached hydrogen (secondary N) is 1. The first-order valence-corrected chi connectivity index (χ1v) is 10.4. The highest BCUT2D eigenvalue weighted by atomic mass is 16.5. The van der Waals surface area contributed by atoms with Crippen molar-refractivity contribution in [3.05, 3.63) is 108 Å². The Kier molecular flexibility index (Phi) is 6.75. The fraction of sp³-hybridized carbons (Fsp3) is 0.0741. The van der Waals surface area contributed by atoms with Gasteiger partial charge < -0.3 is 9.47 Å². The molecule has 0 aliphatic heterocycles. The molecule has 0 aromatic heterocycles. The van der Waals surface area contributed by atoms with Gasteiger partial charge in [0.05, 0.1) is 11.8 Å². The maximum atomic E-state index is 12.6. The highest BCUT2D eigenvalue weighted by molar-refractivity contribution is 6.05. The van der Waals surface area contributed by atoms with Crippen LogP contribution in [0.4, 0.5) is 0 Å². The van der Waals surface area contributed by atoms with Gasteiger partial charge in [-0.1, -0.05) is 54.1 Å². The molecule has 0 spiro atoms. The Morgan fingerprint density at radius 1 is 0.848 bits per heavy atom. The van der Waals surface area contributed by atoms with Crippen LogP contribution < -0.4 is 14.9 Å². The zero-order valence-electron chi connectivity index (χ0n) is 18.0. The quantitative estimate of drug-likeness (QED) is 0.193. The molecule has 4 rings (SSSR count). The lowest BCUT2D eigenvalue weighted by Crippen LogP contribution is -2.24. The predicted molar refractivity (Wildman–Crippen MR) is 128 cm³/mol. The normalized spacial score (nSPS) is 10.8. The van der Waals surface area contributed by atoms with E-state index in [1.807, 2.05) is 55.5 Å². The molecule has 0 atom stereocenters. The van der Waals surface area contributed by atoms with Crippen molar-refractivity contribution >= 4 is 28.9 Å². The van der Waals surface area contributed by atoms with Crippen LogP contribution in [0.2, 0.25) is 0 Å². The summed E-state index contributed by atoms with van der Waals surface area (Å²) in [7, 11) is 0. The van der Waals surface area contributed by atoms with Crippen LogP contribution in [0.5, 0.6) is 11.5 Å². The molecule has 0 saturated carbocycles. The first kappa shape index (κ1) is 21.8. The minimum Gasteiger partial charge on any atom is -0.484 e. The predicted octanol–water partition coefficient (Wildman–Crippen LogP) is 4.90. The lowest BCUT2D eigenvalue weighted by Gasteiger charge is -2.07. The highest BCUT2D eigenvalue weighted by Gasteiger charge is 2.12. The Bertz CT molecular complexity index is 1290. The third kappa shape index (κ3) is 5.83. The Morgan fingerprint density at radius 2 is 1.55 bits per heavy atom. The number of hydrazone groups is 1. The summed E-state index contributed by atoms with van der Waals surface area (Å²) in [4.78, 5) is 24.5. The second-order valence-corrected chi connectivity index (χ2v) is 7.38. The molecule has 1 N–H and O–H groups in total. The Balaban J connectivity index is 1.29. The third-order valence-corrected chi connectivity index (χ3v) is 4.89. The first-order chi connectivity index (χ1) is 16.1. The van der Waals surface area contributed by atoms with Gasteiger partial charge in [0.25, 0.3) is 5.91 Å². The summed E-state index contributed by atoms with van der Waals surface area (Å²) in [6.45, 7) is 1.84. The van der Waals surface area contributed by atoms with E-state index in [1.54, 1.807) is 42.5 Å². The average molecular weight is 438 g/mol. The maximum Gasteiger partial charge on any atom is 0.344 e. The van der Waals surface area contributed by atoms with Crippen LogP contribution in [0, 0.1) is 6.92 Å². The first-order valence-electron chi connectivity index (χ1n) is 10.4. The number of aryl methyl sites for hydroxylation is 1. The van der Waals surface area contributed by atoms with E-state index in [2.05, 4.69) is 10.5 Å². The SMILES string of the molecule is Cc1ccc(OCC(=O)NN=Cc2ccc(OC(=O)c3cccc4ccccc34)cc2)cc1. The van der Waals surface area contributed by atoms with E-state index >= 15 is 0 Å². The molecule has 0 radical (unpaired) electrons. The minimum atomic E-state index is -0.422. The molecule has 0 aliphatic carbocycles. The zero-order valence-corrected chi connectivity index (χ0v) is 18.0. The van der Waals surface area contributed by atoms with Crippen molar-refractivity contribution in [2.45, 2.75) is 6.92 Å². The van der Waals surface area contributed by atoms with E-state index in [4.69, 9.17) is 9.47 Å². The zero-order chi connectivity index (χ0) is 23.0. The number of amides is 1. The topological polar surface area (TPSA) is 77.0 Å². The molecule has 0 bridgehead atoms. The van der Waals surface area contributed by atoms with Crippen molar-refractivity contribution in [2.75, 3.05) is 6.61 Å². The van der Waals surface area contributed by atoms with E-state index in [0.717, 1.165) is 21.9 Å². The van der Waals surface area contributed by atoms with Crippen molar-refractivity contribution in [2.24, 2.45) is 5.10 Å². The van der Waals surface area contributed by atoms with E-state index in [0.29, 0.717) is 17.1 Å². The van der Waals surface area contributed by atoms with E-state index in [1.165, 1.54) is 6.21 Å². The molecule has 0 fully saturated rings. The van der Waals surface area contributed by atoms with E-state index < -0.39 is 5.97 Å². The molecule has 0 aliphatic rings. The Morgan fingerprint density at radius 3 is 2.33 bits per heavy atom. The van der Waals surface area contributed by atoms with Crippen LogP contribution in [0.1, 0.15) is 21.5 Å². The summed E-state index contributed by atoms with van der Waals surface area (Å²) in [6.07, 6.45) is 1.50. The number of carbonyl (C=O) groups excluding carboxylic acids is 2. The molecular formula is C27H22N2O4. The molecule has 6 nitrogen and oxygen atoms in total. The molecule has 0 unspecified atom stereocenters. The van der Waals surface area contributed by atoms with Gasteiger partial charge in [0, 0.05) is 0 Å². The summed E-state index contributed by atoms with van der Waals surface area (Å²) in [5.74, 6) is 0.246. The molecule has 1 amide bonds. The number of ether oxygens (including phenoxy) is 2. The summed E-state index contributed by atoms with van der Waals surface area (Å²) >= 11 is 0. The van der Waals surface area contributed by atoms with Crippen LogP contribution in [-0.2, 0) is 4.79 Å². The number of carbonyl (C=O) groups is 2. The van der Waals surface area contributed by atoms with Crippen molar-refractivity contribution in [3.8, 4) is 11.5 Å². The van der Waals surface area contributed by atoms with Crippen molar-refractivity contribution in [1.29, 1.82) is 0 Å². The van der Waals surface area contributed by atoms with Crippen LogP contribution in [0.15, 0.2) is 96.1 Å². The molecule has 6 heteroatoms. The van der Waals surface area contributed by atoms with Gasteiger partial charge >= 0.3 is 5.97 Å². The number of hydrogen-bond acceptors (Lipinski definition) is 5. The molecule has 4 aromatic rings. The van der Waals surface area contributed by atoms with Gasteiger partial charge in [0.1, 0.15) is 11.5 Å². The van der Waals surface area contributed by atoms with Crippen LogP contribution in [-0.4, -0.2) is 24.7 Å². The average Bonchev–Trinajstić information content (AvgIpc) is 2.84. The highest BCUT2D eigenvalue weighted by Crippen LogP contribution is 2.21. The second kappa shape index (κ2) is 10.2. The number of fused-ring (bicyclic) bond motifs is 1. The summed E-state index contributed by atoms with van der Waals surface area (Å²) in [5.41, 5.74) is 4.78. The van der Waals surface area contributed by atoms with E-state index in [9.17, 15) is 9.59 Å². The van der Waals surface area contributed by atoms with Gasteiger partial charge in [0.2, 0.25) is 0 Å². The lowest BCUT2D eigenvalue weighted by atomic mass is 10.0. The van der Waals surface area contributed by atoms with Gasteiger partial charge in [-0.3, -0.25) is 4.79 Å². The Labute approximate surface area is 191 Å². The van der Waals surface area contributed by atoms with Gasteiger partial charge in [-0.2, -0.15) is 5.10 Å². The molecule has 33 heavy (non-hydrogen) atoms. The summed E-state index contributed by atoms with van der Waals surface area (Å²) in [6, 6.07) is 27.5. The number of nitrogens with zero attached hydrogens (tertiary/aromatic N) is 1. The van der Waals surface area contributed by atoms with E-state index in [-0.39, 0.29) is 12.5 Å². The van der Waals surface area contributed by atoms with Gasteiger partial charge in [-0.05, 0) is 65.7 Å². The fourth-order valence-corrected chi connectivity index (χ4v) is 3.18. The Hall–Kier alpha value is -4.45. The number of benzene rings is 4. The smallest absolute Gasteiger partial charge is 0.344 e. The van der Waals surface area contributed by atoms with Crippen molar-refractivity contribution < 1.29 is 19.1 Å². The van der Waals surface area contributed by atoms with Crippen LogP contribution >= 0.6 is 0 Å². The standard InChI is InChI=1S/C27H22N2O4/c1-19-9-13-22(14-10-19)32-18-26(30)29-28-17-20-11-15-23(16-12-20)33-27(31)25-8-4-6-21-5-2-3-7-24(21)25/h2-17H,18H2,1H3,(H,29,30). The number of esters is 1. The van der Waals surface area contributed by atoms with Crippen molar-refractivity contribution in [3.63, 3.8) is 0 Å². The number of rotatable bonds is 7. The van der Waals surface area contributed by atoms with Crippen molar-refractivity contribution in [1.82, 2.24) is 5.43 Å². The summed E-state index contributed by atoms with van der Waals surface area (Å²) < 4.78 is 10.9. The third-order valence-electron chi connectivity index (χ3n) is 4.89. The largest absolute Gasteiger partial charge is 0.484 e. The van der Waals surface area contributed by atoms with Crippen LogP contribution in [0.25, 0.3) is 10.8 Å². The summed E-state index contributed by atoms with van der Waals surface area (Å²) in [5, 5.41) is 5.75. The number of hydrogen-bond donors (Lipinski definition) is 1.